The molecule has 5 nitrogen and oxygen atoms in total. The van der Waals surface area contributed by atoms with Gasteiger partial charge >= 0.3 is 5.97 Å². The summed E-state index contributed by atoms with van der Waals surface area (Å²) in [5, 5.41) is 9.28. The van der Waals surface area contributed by atoms with Gasteiger partial charge in [-0.15, -0.1) is 0 Å². The van der Waals surface area contributed by atoms with Crippen LogP contribution < -0.4 is 0 Å². The van der Waals surface area contributed by atoms with Gasteiger partial charge < -0.3 is 9.84 Å². The van der Waals surface area contributed by atoms with Crippen LogP contribution in [0.3, 0.4) is 0 Å². The predicted octanol–water partition coefficient (Wildman–Crippen LogP) is 2.91. The molecular formula is C18H22O5S. The number of carboxylic acids is 1. The average Bonchev–Trinajstić information content (AvgIpc) is 2.51. The second-order valence-electron chi connectivity index (χ2n) is 6.43. The van der Waals surface area contributed by atoms with Crippen LogP contribution in [0.15, 0.2) is 35.2 Å². The maximum atomic E-state index is 12.8. The number of carboxylic acid groups (broad SMARTS) is 1. The summed E-state index contributed by atoms with van der Waals surface area (Å²) in [5.74, 6) is -0.984. The Balaban J connectivity index is 2.02. The van der Waals surface area contributed by atoms with Gasteiger partial charge in [0.1, 0.15) is 0 Å². The first-order valence-corrected chi connectivity index (χ1v) is 9.91. The van der Waals surface area contributed by atoms with E-state index in [0.717, 1.165) is 19.3 Å². The number of allylic oxidation sites excluding steroid dienone is 1. The number of rotatable bonds is 5. The molecule has 1 heterocycles. The fourth-order valence-electron chi connectivity index (χ4n) is 3.19. The van der Waals surface area contributed by atoms with Gasteiger partial charge in [0.25, 0.3) is 0 Å². The van der Waals surface area contributed by atoms with Crippen molar-refractivity contribution in [2.75, 3.05) is 13.2 Å². The highest BCUT2D eigenvalue weighted by Crippen LogP contribution is 2.35. The van der Waals surface area contributed by atoms with E-state index in [-0.39, 0.29) is 21.6 Å². The molecule has 1 aliphatic carbocycles. The highest BCUT2D eigenvalue weighted by atomic mass is 32.2. The molecule has 6 heteroatoms. The normalized spacial score (nSPS) is 20.6. The van der Waals surface area contributed by atoms with E-state index >= 15 is 0 Å². The van der Waals surface area contributed by atoms with Crippen molar-refractivity contribution in [1.82, 2.24) is 0 Å². The largest absolute Gasteiger partial charge is 0.478 e. The highest BCUT2D eigenvalue weighted by Gasteiger charge is 2.35. The smallest absolute Gasteiger partial charge is 0.336 e. The molecule has 1 aliphatic heterocycles. The Labute approximate surface area is 142 Å². The molecule has 24 heavy (non-hydrogen) atoms. The Morgan fingerprint density at radius 1 is 1.12 bits per heavy atom. The number of carbonyl (C=O) groups is 1. The first-order chi connectivity index (χ1) is 11.5. The monoisotopic (exact) mass is 350 g/mol. The molecule has 0 bridgehead atoms. The molecule has 1 aromatic rings. The third-order valence-electron chi connectivity index (χ3n) is 4.87. The second kappa shape index (κ2) is 7.07. The molecule has 1 aromatic carbocycles. The minimum atomic E-state index is -3.48. The van der Waals surface area contributed by atoms with Crippen molar-refractivity contribution in [3.8, 4) is 0 Å². The molecule has 0 atom stereocenters. The van der Waals surface area contributed by atoms with E-state index in [9.17, 15) is 18.3 Å². The lowest BCUT2D eigenvalue weighted by molar-refractivity contribution is -0.130. The lowest BCUT2D eigenvalue weighted by Crippen LogP contribution is -2.29. The molecule has 0 amide bonds. The van der Waals surface area contributed by atoms with Crippen LogP contribution in [0.1, 0.15) is 37.7 Å². The molecule has 0 unspecified atom stereocenters. The summed E-state index contributed by atoms with van der Waals surface area (Å²) in [7, 11) is -3.48. The minimum Gasteiger partial charge on any atom is -0.478 e. The van der Waals surface area contributed by atoms with Gasteiger partial charge in [-0.1, -0.05) is 30.7 Å². The number of sulfone groups is 1. The molecule has 1 saturated carbocycles. The van der Waals surface area contributed by atoms with Crippen LogP contribution >= 0.6 is 0 Å². The van der Waals surface area contributed by atoms with E-state index in [1.54, 1.807) is 24.3 Å². The van der Waals surface area contributed by atoms with Crippen LogP contribution in [-0.2, 0) is 19.4 Å². The lowest BCUT2D eigenvalue weighted by Gasteiger charge is -2.26. The van der Waals surface area contributed by atoms with Crippen molar-refractivity contribution in [2.24, 2.45) is 5.92 Å². The Bertz CT molecular complexity index is 740. The van der Waals surface area contributed by atoms with Gasteiger partial charge in [-0.25, -0.2) is 13.2 Å². The molecule has 2 aliphatic rings. The van der Waals surface area contributed by atoms with Crippen LogP contribution in [0, 0.1) is 5.92 Å². The maximum absolute atomic E-state index is 12.8. The van der Waals surface area contributed by atoms with Crippen LogP contribution in [0.4, 0.5) is 0 Å². The summed E-state index contributed by atoms with van der Waals surface area (Å²) in [6.45, 7) is 1.21. The Morgan fingerprint density at radius 2 is 1.79 bits per heavy atom. The van der Waals surface area contributed by atoms with Crippen molar-refractivity contribution in [2.45, 2.75) is 42.2 Å². The molecule has 0 aromatic heterocycles. The summed E-state index contributed by atoms with van der Waals surface area (Å²) in [6, 6.07) is 6.48. The van der Waals surface area contributed by atoms with Crippen molar-refractivity contribution in [3.63, 3.8) is 0 Å². The van der Waals surface area contributed by atoms with E-state index in [4.69, 9.17) is 4.74 Å². The lowest BCUT2D eigenvalue weighted by atomic mass is 9.94. The fourth-order valence-corrected chi connectivity index (χ4v) is 5.26. The van der Waals surface area contributed by atoms with E-state index in [1.807, 2.05) is 0 Å². The van der Waals surface area contributed by atoms with Gasteiger partial charge in [0.05, 0.1) is 15.7 Å². The molecule has 2 fully saturated rings. The first-order valence-electron chi connectivity index (χ1n) is 8.36. The van der Waals surface area contributed by atoms with Crippen LogP contribution in [0.25, 0.3) is 5.57 Å². The molecule has 1 saturated heterocycles. The van der Waals surface area contributed by atoms with Gasteiger partial charge in [-0.2, -0.15) is 0 Å². The Morgan fingerprint density at radius 3 is 2.38 bits per heavy atom. The molecule has 130 valence electrons. The maximum Gasteiger partial charge on any atom is 0.336 e. The predicted molar refractivity (Wildman–Crippen MR) is 90.4 cm³/mol. The fraction of sp³-hybridized carbons (Fsp3) is 0.500. The van der Waals surface area contributed by atoms with Crippen LogP contribution in [0.5, 0.6) is 0 Å². The summed E-state index contributed by atoms with van der Waals surface area (Å²) in [4.78, 5) is 12.0. The number of hydrogen-bond acceptors (Lipinski definition) is 4. The van der Waals surface area contributed by atoms with E-state index < -0.39 is 15.8 Å². The summed E-state index contributed by atoms with van der Waals surface area (Å²) in [6.07, 6.45) is 5.45. The summed E-state index contributed by atoms with van der Waals surface area (Å²) >= 11 is 0. The number of hydrogen-bond donors (Lipinski definition) is 1. The number of ether oxygens (including phenoxy) is 1. The average molecular weight is 350 g/mol. The SMILES string of the molecule is O=C(O)C(=CC1CCOCC1)c1ccccc1S(=O)(=O)C1CCC1. The first kappa shape index (κ1) is 17.2. The molecule has 1 N–H and O–H groups in total. The minimum absolute atomic E-state index is 0.0837. The van der Waals surface area contributed by atoms with Crippen LogP contribution in [-0.4, -0.2) is 38.0 Å². The molecule has 3 rings (SSSR count). The third kappa shape index (κ3) is 3.39. The highest BCUT2D eigenvalue weighted by molar-refractivity contribution is 7.92. The zero-order valence-electron chi connectivity index (χ0n) is 13.5. The van der Waals surface area contributed by atoms with Crippen molar-refractivity contribution >= 4 is 21.4 Å². The van der Waals surface area contributed by atoms with Gasteiger partial charge in [-0.05, 0) is 37.7 Å². The van der Waals surface area contributed by atoms with Crippen molar-refractivity contribution < 1.29 is 23.1 Å². The molecule has 0 radical (unpaired) electrons. The summed E-state index contributed by atoms with van der Waals surface area (Å²) in [5.41, 5.74) is 0.392. The van der Waals surface area contributed by atoms with Crippen LogP contribution in [0.2, 0.25) is 0 Å². The quantitative estimate of drug-likeness (QED) is 0.826. The zero-order chi connectivity index (χ0) is 17.2. The van der Waals surface area contributed by atoms with Gasteiger partial charge in [0.2, 0.25) is 0 Å². The number of benzene rings is 1. The standard InChI is InChI=1S/C18H22O5S/c19-18(20)16(12-13-8-10-23-11-9-13)15-6-1-2-7-17(15)24(21,22)14-4-3-5-14/h1-2,6-7,12-14H,3-5,8-11H2,(H,19,20). The third-order valence-corrected chi connectivity index (χ3v) is 7.19. The Kier molecular flexibility index (Phi) is 5.06. The second-order valence-corrected chi connectivity index (χ2v) is 8.63. The number of aliphatic carboxylic acids is 1. The van der Waals surface area contributed by atoms with Gasteiger partial charge in [0, 0.05) is 18.8 Å². The topological polar surface area (TPSA) is 80.7 Å². The molecule has 0 spiro atoms. The van der Waals surface area contributed by atoms with E-state index in [0.29, 0.717) is 31.6 Å². The van der Waals surface area contributed by atoms with Crippen molar-refractivity contribution in [1.29, 1.82) is 0 Å². The zero-order valence-corrected chi connectivity index (χ0v) is 14.3. The van der Waals surface area contributed by atoms with E-state index in [1.165, 1.54) is 6.07 Å². The van der Waals surface area contributed by atoms with Crippen molar-refractivity contribution in [3.05, 3.63) is 35.9 Å². The van der Waals surface area contributed by atoms with E-state index in [2.05, 4.69) is 0 Å². The summed E-state index contributed by atoms with van der Waals surface area (Å²) < 4.78 is 30.9. The van der Waals surface area contributed by atoms with Gasteiger partial charge in [0.15, 0.2) is 9.84 Å². The Hall–Kier alpha value is -1.66. The molecular weight excluding hydrogens is 328 g/mol. The van der Waals surface area contributed by atoms with Gasteiger partial charge in [-0.3, -0.25) is 0 Å².